The standard InChI is InChI=1S/C23H29N3O2/c1-15-12-18-13-19-20(14-21(18)28-16(15)2)26(22(27)23(3,4)25-19)24-11-10-17-8-6-5-7-9-17/h5-9,12,14,22,24-25,27H,10-11,13H2,1-4H3/t22-/m1/s1. The largest absolute Gasteiger partial charge is 0.461 e. The summed E-state index contributed by atoms with van der Waals surface area (Å²) in [4.78, 5) is 0. The second kappa shape index (κ2) is 7.15. The van der Waals surface area contributed by atoms with Crippen LogP contribution in [0.3, 0.4) is 0 Å². The van der Waals surface area contributed by atoms with E-state index in [-0.39, 0.29) is 0 Å². The van der Waals surface area contributed by atoms with Crippen molar-refractivity contribution >= 4 is 0 Å². The molecule has 0 bridgehead atoms. The Morgan fingerprint density at radius 2 is 1.96 bits per heavy atom. The number of allylic oxidation sites excluding steroid dienone is 6. The first kappa shape index (κ1) is 18.8. The number of hydrogen-bond donors (Lipinski definition) is 3. The van der Waals surface area contributed by atoms with E-state index in [9.17, 15) is 5.11 Å². The van der Waals surface area contributed by atoms with Crippen molar-refractivity contribution in [2.24, 2.45) is 0 Å². The van der Waals surface area contributed by atoms with E-state index >= 15 is 0 Å². The molecule has 4 rings (SSSR count). The van der Waals surface area contributed by atoms with Crippen LogP contribution in [-0.2, 0) is 11.2 Å². The third kappa shape index (κ3) is 3.48. The fourth-order valence-corrected chi connectivity index (χ4v) is 3.87. The quantitative estimate of drug-likeness (QED) is 0.748. The lowest BCUT2D eigenvalue weighted by Crippen LogP contribution is -2.64. The molecule has 1 aromatic rings. The molecule has 0 radical (unpaired) electrons. The molecule has 3 N–H and O–H groups in total. The highest BCUT2D eigenvalue weighted by Gasteiger charge is 2.41. The predicted octanol–water partition coefficient (Wildman–Crippen LogP) is 3.49. The maximum Gasteiger partial charge on any atom is 0.163 e. The van der Waals surface area contributed by atoms with E-state index < -0.39 is 11.8 Å². The Labute approximate surface area is 167 Å². The van der Waals surface area contributed by atoms with Gasteiger partial charge in [0.15, 0.2) is 6.23 Å². The Hall–Kier alpha value is -2.50. The van der Waals surface area contributed by atoms with Gasteiger partial charge >= 0.3 is 0 Å². The Morgan fingerprint density at radius 3 is 2.71 bits per heavy atom. The van der Waals surface area contributed by atoms with Crippen LogP contribution in [-0.4, -0.2) is 28.4 Å². The molecule has 1 aromatic carbocycles. The van der Waals surface area contributed by atoms with Crippen molar-refractivity contribution in [3.05, 3.63) is 82.1 Å². The summed E-state index contributed by atoms with van der Waals surface area (Å²) in [6.45, 7) is 8.84. The maximum absolute atomic E-state index is 11.0. The van der Waals surface area contributed by atoms with Gasteiger partial charge in [-0.25, -0.2) is 5.43 Å². The van der Waals surface area contributed by atoms with Crippen LogP contribution in [0.5, 0.6) is 0 Å². The van der Waals surface area contributed by atoms with Crippen molar-refractivity contribution in [3.63, 3.8) is 0 Å². The first-order chi connectivity index (χ1) is 13.3. The van der Waals surface area contributed by atoms with Gasteiger partial charge in [0.25, 0.3) is 0 Å². The molecule has 0 spiro atoms. The molecule has 148 valence electrons. The van der Waals surface area contributed by atoms with Crippen molar-refractivity contribution in [2.75, 3.05) is 6.54 Å². The number of nitrogens with one attached hydrogen (secondary N) is 2. The van der Waals surface area contributed by atoms with Crippen LogP contribution < -0.4 is 10.7 Å². The second-order valence-electron chi connectivity index (χ2n) is 8.29. The van der Waals surface area contributed by atoms with Gasteiger partial charge in [0.05, 0.1) is 11.2 Å². The van der Waals surface area contributed by atoms with E-state index in [0.717, 1.165) is 47.9 Å². The number of fused-ring (bicyclic) bond motifs is 1. The van der Waals surface area contributed by atoms with Gasteiger partial charge in [0.2, 0.25) is 0 Å². The van der Waals surface area contributed by atoms with Crippen molar-refractivity contribution in [1.82, 2.24) is 15.8 Å². The van der Waals surface area contributed by atoms with E-state index in [1.165, 1.54) is 11.1 Å². The summed E-state index contributed by atoms with van der Waals surface area (Å²) in [5.74, 6) is 1.79. The third-order valence-corrected chi connectivity index (χ3v) is 5.63. The van der Waals surface area contributed by atoms with Gasteiger partial charge in [0, 0.05) is 30.3 Å². The smallest absolute Gasteiger partial charge is 0.163 e. The Balaban J connectivity index is 1.58. The van der Waals surface area contributed by atoms with Gasteiger partial charge in [-0.05, 0) is 51.3 Å². The zero-order chi connectivity index (χ0) is 19.9. The van der Waals surface area contributed by atoms with Crippen molar-refractivity contribution in [2.45, 2.75) is 52.3 Å². The van der Waals surface area contributed by atoms with E-state index in [4.69, 9.17) is 4.74 Å². The Bertz CT molecular complexity index is 894. The summed E-state index contributed by atoms with van der Waals surface area (Å²) in [5.41, 5.74) is 8.62. The summed E-state index contributed by atoms with van der Waals surface area (Å²) < 4.78 is 6.04. The highest BCUT2D eigenvalue weighted by atomic mass is 16.5. The van der Waals surface area contributed by atoms with E-state index in [1.54, 1.807) is 0 Å². The molecule has 0 saturated carbocycles. The number of hydrazine groups is 1. The summed E-state index contributed by atoms with van der Waals surface area (Å²) in [5, 5.41) is 16.4. The van der Waals surface area contributed by atoms with Gasteiger partial charge in [-0.1, -0.05) is 30.3 Å². The summed E-state index contributed by atoms with van der Waals surface area (Å²) in [6, 6.07) is 10.4. The highest BCUT2D eigenvalue weighted by molar-refractivity contribution is 5.50. The molecule has 2 heterocycles. The minimum atomic E-state index is -0.702. The van der Waals surface area contributed by atoms with Crippen LogP contribution in [0.1, 0.15) is 39.7 Å². The second-order valence-corrected chi connectivity index (χ2v) is 8.29. The molecule has 0 aromatic heterocycles. The Kier molecular flexibility index (Phi) is 4.81. The third-order valence-electron chi connectivity index (χ3n) is 5.63. The van der Waals surface area contributed by atoms with Crippen LogP contribution in [0.25, 0.3) is 0 Å². The minimum absolute atomic E-state index is 0.471. The highest BCUT2D eigenvalue weighted by Crippen LogP contribution is 2.39. The van der Waals surface area contributed by atoms with E-state index in [2.05, 4.69) is 48.0 Å². The number of rotatable bonds is 4. The normalized spacial score (nSPS) is 23.3. The maximum atomic E-state index is 11.0. The molecule has 3 aliphatic rings. The zero-order valence-corrected chi connectivity index (χ0v) is 17.0. The first-order valence-corrected chi connectivity index (χ1v) is 9.89. The lowest BCUT2D eigenvalue weighted by Gasteiger charge is -2.48. The zero-order valence-electron chi connectivity index (χ0n) is 17.0. The van der Waals surface area contributed by atoms with Crippen LogP contribution >= 0.6 is 0 Å². The fraction of sp³-hybridized carbons (Fsp3) is 0.391. The molecule has 5 nitrogen and oxygen atoms in total. The van der Waals surface area contributed by atoms with Crippen LogP contribution in [0, 0.1) is 0 Å². The van der Waals surface area contributed by atoms with Crippen LogP contribution in [0.15, 0.2) is 76.5 Å². The number of ether oxygens (including phenoxy) is 1. The van der Waals surface area contributed by atoms with E-state index in [1.807, 2.05) is 37.9 Å². The minimum Gasteiger partial charge on any atom is -0.461 e. The predicted molar refractivity (Wildman–Crippen MR) is 110 cm³/mol. The van der Waals surface area contributed by atoms with Crippen LogP contribution in [0.2, 0.25) is 0 Å². The fourth-order valence-electron chi connectivity index (χ4n) is 3.87. The monoisotopic (exact) mass is 379 g/mol. The van der Waals surface area contributed by atoms with E-state index in [0.29, 0.717) is 0 Å². The molecule has 28 heavy (non-hydrogen) atoms. The number of aliphatic hydroxyl groups is 1. The van der Waals surface area contributed by atoms with Crippen LogP contribution in [0.4, 0.5) is 0 Å². The SMILES string of the molecule is CC1=C(C)OC2=CC3=C(CC2=C1)NC(C)(C)[C@@H](O)N3NCCc1ccccc1. The summed E-state index contributed by atoms with van der Waals surface area (Å²) in [6.07, 6.45) is 5.17. The number of nitrogens with zero attached hydrogens (tertiary/aromatic N) is 1. The molecule has 0 unspecified atom stereocenters. The van der Waals surface area contributed by atoms with Gasteiger partial charge in [-0.2, -0.15) is 0 Å². The van der Waals surface area contributed by atoms with Crippen molar-refractivity contribution in [3.8, 4) is 0 Å². The lowest BCUT2D eigenvalue weighted by molar-refractivity contribution is -0.0691. The van der Waals surface area contributed by atoms with Gasteiger partial charge in [-0.3, -0.25) is 5.01 Å². The number of benzene rings is 1. The average Bonchev–Trinajstić information content (AvgIpc) is 2.66. The molecular weight excluding hydrogens is 350 g/mol. The van der Waals surface area contributed by atoms with Crippen molar-refractivity contribution in [1.29, 1.82) is 0 Å². The van der Waals surface area contributed by atoms with Gasteiger partial charge in [0.1, 0.15) is 11.5 Å². The molecule has 0 saturated heterocycles. The molecule has 0 fully saturated rings. The first-order valence-electron chi connectivity index (χ1n) is 9.89. The van der Waals surface area contributed by atoms with Gasteiger partial charge in [-0.15, -0.1) is 0 Å². The molecule has 0 amide bonds. The summed E-state index contributed by atoms with van der Waals surface area (Å²) in [7, 11) is 0. The molecule has 1 aliphatic carbocycles. The lowest BCUT2D eigenvalue weighted by atomic mass is 9.90. The Morgan fingerprint density at radius 1 is 1.21 bits per heavy atom. The summed E-state index contributed by atoms with van der Waals surface area (Å²) >= 11 is 0. The molecule has 1 atom stereocenters. The topological polar surface area (TPSA) is 56.8 Å². The molecular formula is C23H29N3O2. The molecule has 5 heteroatoms. The molecule has 2 aliphatic heterocycles. The average molecular weight is 380 g/mol. The van der Waals surface area contributed by atoms with Crippen molar-refractivity contribution < 1.29 is 9.84 Å². The number of aliphatic hydroxyl groups excluding tert-OH is 1. The van der Waals surface area contributed by atoms with Gasteiger partial charge < -0.3 is 15.2 Å². The number of hydrogen-bond acceptors (Lipinski definition) is 5.